The van der Waals surface area contributed by atoms with Gasteiger partial charge in [-0.1, -0.05) is 67.2 Å². The Morgan fingerprint density at radius 3 is 2.69 bits per heavy atom. The van der Waals surface area contributed by atoms with E-state index in [9.17, 15) is 4.79 Å². The fraction of sp³-hybridized carbons (Fsp3) is 0.286. The molecule has 5 heteroatoms. The average molecular weight is 389 g/mol. The average Bonchev–Trinajstić information content (AvgIpc) is 3.00. The first-order valence-electron chi connectivity index (χ1n) is 8.92. The van der Waals surface area contributed by atoms with Crippen molar-refractivity contribution in [3.63, 3.8) is 0 Å². The Morgan fingerprint density at radius 2 is 1.92 bits per heavy atom. The lowest BCUT2D eigenvalue weighted by Crippen LogP contribution is -2.06. The minimum atomic E-state index is 0.138. The highest BCUT2D eigenvalue weighted by molar-refractivity contribution is 6.35. The number of Topliss-reactive ketones (excluding diaryl/α,β-unsaturated/α-hetero) is 1. The van der Waals surface area contributed by atoms with Gasteiger partial charge in [0, 0.05) is 33.9 Å². The van der Waals surface area contributed by atoms with Crippen LogP contribution in [0.15, 0.2) is 42.5 Å². The standard InChI is InChI=1S/C21H22Cl2N2O/c1-2-3-4-9-19(26)21-20(16-7-5-6-8-18(16)25-21)24-13-14-10-11-15(22)12-17(14)23/h5-8,10-12,24-25H,2-4,9,13H2,1H3. The Bertz CT molecular complexity index is 918. The van der Waals surface area contributed by atoms with Gasteiger partial charge >= 0.3 is 0 Å². The maximum Gasteiger partial charge on any atom is 0.181 e. The minimum absolute atomic E-state index is 0.138. The number of nitrogens with one attached hydrogen (secondary N) is 2. The van der Waals surface area contributed by atoms with E-state index in [4.69, 9.17) is 23.2 Å². The van der Waals surface area contributed by atoms with Crippen molar-refractivity contribution < 1.29 is 4.79 Å². The molecule has 0 unspecified atom stereocenters. The van der Waals surface area contributed by atoms with E-state index in [0.717, 1.165) is 41.4 Å². The lowest BCUT2D eigenvalue weighted by molar-refractivity contribution is 0.0976. The molecule has 0 radical (unpaired) electrons. The molecule has 0 aliphatic rings. The number of benzene rings is 2. The van der Waals surface area contributed by atoms with Gasteiger partial charge in [0.2, 0.25) is 0 Å². The number of carbonyl (C=O) groups excluding carboxylic acids is 1. The van der Waals surface area contributed by atoms with Crippen LogP contribution in [0.4, 0.5) is 5.69 Å². The Morgan fingerprint density at radius 1 is 1.12 bits per heavy atom. The highest BCUT2D eigenvalue weighted by atomic mass is 35.5. The molecule has 0 saturated heterocycles. The van der Waals surface area contributed by atoms with Crippen LogP contribution in [0.5, 0.6) is 0 Å². The summed E-state index contributed by atoms with van der Waals surface area (Å²) in [6.45, 7) is 2.66. The second kappa shape index (κ2) is 8.61. The highest BCUT2D eigenvalue weighted by Crippen LogP contribution is 2.30. The topological polar surface area (TPSA) is 44.9 Å². The van der Waals surface area contributed by atoms with Crippen molar-refractivity contribution in [3.8, 4) is 0 Å². The zero-order valence-electron chi connectivity index (χ0n) is 14.7. The van der Waals surface area contributed by atoms with Gasteiger partial charge in [0.1, 0.15) is 5.69 Å². The predicted molar refractivity (Wildman–Crippen MR) is 111 cm³/mol. The van der Waals surface area contributed by atoms with Crippen LogP contribution in [-0.2, 0) is 6.54 Å². The summed E-state index contributed by atoms with van der Waals surface area (Å²) in [5, 5.41) is 5.64. The third kappa shape index (κ3) is 4.22. The molecule has 0 saturated carbocycles. The van der Waals surface area contributed by atoms with E-state index >= 15 is 0 Å². The third-order valence-electron chi connectivity index (χ3n) is 4.46. The summed E-state index contributed by atoms with van der Waals surface area (Å²) in [5.41, 5.74) is 3.38. The zero-order chi connectivity index (χ0) is 18.5. The maximum atomic E-state index is 12.7. The van der Waals surface area contributed by atoms with Crippen molar-refractivity contribution in [2.75, 3.05) is 5.32 Å². The second-order valence-corrected chi connectivity index (χ2v) is 7.23. The van der Waals surface area contributed by atoms with Crippen molar-refractivity contribution in [1.82, 2.24) is 4.98 Å². The number of carbonyl (C=O) groups is 1. The Balaban J connectivity index is 1.87. The van der Waals surface area contributed by atoms with Gasteiger partial charge in [-0.25, -0.2) is 0 Å². The maximum absolute atomic E-state index is 12.7. The van der Waals surface area contributed by atoms with E-state index in [1.54, 1.807) is 6.07 Å². The zero-order valence-corrected chi connectivity index (χ0v) is 16.3. The number of fused-ring (bicyclic) bond motifs is 1. The smallest absolute Gasteiger partial charge is 0.181 e. The molecule has 1 aromatic heterocycles. The highest BCUT2D eigenvalue weighted by Gasteiger charge is 2.17. The number of aromatic amines is 1. The SMILES string of the molecule is CCCCCC(=O)c1[nH]c2ccccc2c1NCc1ccc(Cl)cc1Cl. The quantitative estimate of drug-likeness (QED) is 0.327. The van der Waals surface area contributed by atoms with E-state index in [0.29, 0.717) is 28.7 Å². The van der Waals surface area contributed by atoms with Crippen molar-refractivity contribution in [1.29, 1.82) is 0 Å². The normalized spacial score (nSPS) is 11.0. The van der Waals surface area contributed by atoms with Gasteiger partial charge in [0.25, 0.3) is 0 Å². The van der Waals surface area contributed by atoms with Gasteiger partial charge in [-0.05, 0) is 30.2 Å². The van der Waals surface area contributed by atoms with Crippen molar-refractivity contribution >= 4 is 45.6 Å². The van der Waals surface area contributed by atoms with Crippen LogP contribution in [0.1, 0.15) is 48.7 Å². The van der Waals surface area contributed by atoms with Gasteiger partial charge in [-0.2, -0.15) is 0 Å². The molecule has 0 atom stereocenters. The van der Waals surface area contributed by atoms with Crippen LogP contribution in [0.2, 0.25) is 10.0 Å². The fourth-order valence-electron chi connectivity index (χ4n) is 3.04. The first kappa shape index (κ1) is 18.8. The fourth-order valence-corrected chi connectivity index (χ4v) is 3.52. The van der Waals surface area contributed by atoms with Crippen LogP contribution in [0, 0.1) is 0 Å². The minimum Gasteiger partial charge on any atom is -0.379 e. The van der Waals surface area contributed by atoms with Crippen LogP contribution >= 0.6 is 23.2 Å². The van der Waals surface area contributed by atoms with Crippen LogP contribution in [0.25, 0.3) is 10.9 Å². The number of rotatable bonds is 8. The van der Waals surface area contributed by atoms with Gasteiger partial charge in [0.05, 0.1) is 5.69 Å². The van der Waals surface area contributed by atoms with Crippen molar-refractivity contribution in [2.24, 2.45) is 0 Å². The molecule has 3 rings (SSSR count). The number of H-pyrrole nitrogens is 1. The summed E-state index contributed by atoms with van der Waals surface area (Å²) in [6.07, 6.45) is 3.62. The Kier molecular flexibility index (Phi) is 6.23. The molecule has 0 spiro atoms. The summed E-state index contributed by atoms with van der Waals surface area (Å²) < 4.78 is 0. The molecule has 1 heterocycles. The number of hydrogen-bond acceptors (Lipinski definition) is 2. The molecule has 0 bridgehead atoms. The summed E-state index contributed by atoms with van der Waals surface area (Å²) >= 11 is 12.2. The largest absolute Gasteiger partial charge is 0.379 e. The first-order valence-corrected chi connectivity index (χ1v) is 9.67. The lowest BCUT2D eigenvalue weighted by Gasteiger charge is -2.10. The monoisotopic (exact) mass is 388 g/mol. The molecule has 0 aliphatic heterocycles. The Hall–Kier alpha value is -1.97. The summed E-state index contributed by atoms with van der Waals surface area (Å²) in [4.78, 5) is 16.0. The number of halogens is 2. The molecule has 26 heavy (non-hydrogen) atoms. The van der Waals surface area contributed by atoms with E-state index in [2.05, 4.69) is 17.2 Å². The number of ketones is 1. The summed E-state index contributed by atoms with van der Waals surface area (Å²) in [7, 11) is 0. The Labute approximate surface area is 163 Å². The molecule has 0 aliphatic carbocycles. The van der Waals surface area contributed by atoms with Gasteiger partial charge in [0.15, 0.2) is 5.78 Å². The molecule has 136 valence electrons. The van der Waals surface area contributed by atoms with Crippen molar-refractivity contribution in [2.45, 2.75) is 39.2 Å². The van der Waals surface area contributed by atoms with Crippen LogP contribution in [0.3, 0.4) is 0 Å². The van der Waals surface area contributed by atoms with Gasteiger partial charge in [-0.3, -0.25) is 4.79 Å². The third-order valence-corrected chi connectivity index (χ3v) is 5.05. The van der Waals surface area contributed by atoms with E-state index in [1.165, 1.54) is 0 Å². The summed E-state index contributed by atoms with van der Waals surface area (Å²) in [5.74, 6) is 0.138. The van der Waals surface area contributed by atoms with E-state index in [-0.39, 0.29) is 5.78 Å². The number of anilines is 1. The molecule has 2 N–H and O–H groups in total. The van der Waals surface area contributed by atoms with Crippen LogP contribution in [-0.4, -0.2) is 10.8 Å². The van der Waals surface area contributed by atoms with E-state index < -0.39 is 0 Å². The molecular weight excluding hydrogens is 367 g/mol. The molecule has 0 amide bonds. The number of unbranched alkanes of at least 4 members (excludes halogenated alkanes) is 2. The summed E-state index contributed by atoms with van der Waals surface area (Å²) in [6, 6.07) is 13.4. The first-order chi connectivity index (χ1) is 12.6. The molecule has 0 fully saturated rings. The van der Waals surface area contributed by atoms with Gasteiger partial charge in [-0.15, -0.1) is 0 Å². The molecular formula is C21H22Cl2N2O. The van der Waals surface area contributed by atoms with Gasteiger partial charge < -0.3 is 10.3 Å². The molecule has 3 nitrogen and oxygen atoms in total. The number of aromatic nitrogens is 1. The second-order valence-electron chi connectivity index (χ2n) is 6.39. The van der Waals surface area contributed by atoms with E-state index in [1.807, 2.05) is 36.4 Å². The lowest BCUT2D eigenvalue weighted by atomic mass is 10.1. The van der Waals surface area contributed by atoms with Crippen LogP contribution < -0.4 is 5.32 Å². The number of para-hydroxylation sites is 1. The molecule has 2 aromatic carbocycles. The predicted octanol–water partition coefficient (Wildman–Crippen LogP) is 6.85. The van der Waals surface area contributed by atoms with Crippen molar-refractivity contribution in [3.05, 3.63) is 63.8 Å². The number of hydrogen-bond donors (Lipinski definition) is 2. The molecule has 3 aromatic rings.